The Balaban J connectivity index is 1.89. The molecule has 0 radical (unpaired) electrons. The van der Waals surface area contributed by atoms with Crippen LogP contribution >= 0.6 is 7.60 Å². The lowest BCUT2D eigenvalue weighted by molar-refractivity contribution is -0.0121. The van der Waals surface area contributed by atoms with Gasteiger partial charge >= 0.3 is 7.60 Å². The highest BCUT2D eigenvalue weighted by Gasteiger charge is 2.45. The van der Waals surface area contributed by atoms with Gasteiger partial charge in [0.2, 0.25) is 0 Å². The number of hydrogen-bond donors (Lipinski definition) is 1. The van der Waals surface area contributed by atoms with Gasteiger partial charge in [-0.05, 0) is 72.8 Å². The highest BCUT2D eigenvalue weighted by Crippen LogP contribution is 2.59. The van der Waals surface area contributed by atoms with Crippen molar-refractivity contribution >= 4 is 13.7 Å². The summed E-state index contributed by atoms with van der Waals surface area (Å²) in [5.74, 6) is 1.26. The summed E-state index contributed by atoms with van der Waals surface area (Å²) in [6, 6.07) is 9.78. The Labute approximate surface area is 208 Å². The zero-order valence-electron chi connectivity index (χ0n) is 22.1. The molecular formula is C29H47O4P. The third-order valence-electron chi connectivity index (χ3n) is 8.07. The molecule has 0 aromatic heterocycles. The molecule has 192 valence electrons. The minimum Gasteiger partial charge on any atom is -0.377 e. The molecule has 1 N–H and O–H groups in total. The number of rotatable bonds is 9. The second-order valence-corrected chi connectivity index (χ2v) is 13.7. The Kier molecular flexibility index (Phi) is 10.0. The van der Waals surface area contributed by atoms with Gasteiger partial charge in [-0.15, -0.1) is 0 Å². The molecule has 0 aliphatic heterocycles. The number of benzene rings is 1. The maximum absolute atomic E-state index is 14.5. The van der Waals surface area contributed by atoms with Crippen molar-refractivity contribution in [3.05, 3.63) is 42.0 Å². The average molecular weight is 491 g/mol. The minimum atomic E-state index is -3.82. The zero-order chi connectivity index (χ0) is 24.9. The van der Waals surface area contributed by atoms with Crippen LogP contribution in [-0.4, -0.2) is 23.2 Å². The Hall–Kier alpha value is -0.930. The summed E-state index contributed by atoms with van der Waals surface area (Å²) in [6.07, 6.45) is 9.28. The van der Waals surface area contributed by atoms with Crippen LogP contribution in [0.4, 0.5) is 0 Å². The maximum Gasteiger partial charge on any atom is 0.363 e. The van der Waals surface area contributed by atoms with E-state index >= 15 is 0 Å². The maximum atomic E-state index is 14.5. The lowest BCUT2D eigenvalue weighted by Crippen LogP contribution is -2.37. The lowest BCUT2D eigenvalue weighted by Gasteiger charge is -2.42. The summed E-state index contributed by atoms with van der Waals surface area (Å²) in [7, 11) is -3.82. The third kappa shape index (κ3) is 7.29. The van der Waals surface area contributed by atoms with Gasteiger partial charge < -0.3 is 14.2 Å². The van der Waals surface area contributed by atoms with E-state index in [-0.39, 0.29) is 12.2 Å². The fourth-order valence-corrected chi connectivity index (χ4v) is 7.70. The van der Waals surface area contributed by atoms with E-state index in [1.807, 2.05) is 36.4 Å². The van der Waals surface area contributed by atoms with Crippen molar-refractivity contribution in [2.45, 2.75) is 98.1 Å². The number of hydrogen-bond acceptors (Lipinski definition) is 4. The van der Waals surface area contributed by atoms with E-state index in [2.05, 4.69) is 41.5 Å². The standard InChI is InChI=1S/C29H47O4P/c1-20(2)25-15-12-22(5)18-27(25)32-34(31,29(30)17-14-24-10-8-7-9-11-24)33-28-19-23(6)13-16-26(28)21(3)4/h7-11,14,17,20-23,25-30H,12-13,15-16,18-19H2,1-6H3/b17-14+. The van der Waals surface area contributed by atoms with Gasteiger partial charge in [-0.25, -0.2) is 0 Å². The normalized spacial score (nSPS) is 33.3. The second-order valence-electron chi connectivity index (χ2n) is 11.7. The van der Waals surface area contributed by atoms with Gasteiger partial charge in [0.1, 0.15) is 0 Å². The first-order chi connectivity index (χ1) is 16.1. The van der Waals surface area contributed by atoms with E-state index in [1.165, 1.54) is 12.8 Å². The van der Waals surface area contributed by atoms with Crippen LogP contribution in [0.15, 0.2) is 36.4 Å². The molecule has 2 saturated carbocycles. The van der Waals surface area contributed by atoms with Gasteiger partial charge in [0.15, 0.2) is 5.85 Å². The molecular weight excluding hydrogens is 443 g/mol. The van der Waals surface area contributed by atoms with E-state index in [0.29, 0.717) is 35.5 Å². The van der Waals surface area contributed by atoms with Crippen LogP contribution in [0.5, 0.6) is 0 Å². The first-order valence-corrected chi connectivity index (χ1v) is 15.1. The van der Waals surface area contributed by atoms with E-state index in [9.17, 15) is 9.67 Å². The highest BCUT2D eigenvalue weighted by atomic mass is 31.2. The van der Waals surface area contributed by atoms with Crippen molar-refractivity contribution in [2.75, 3.05) is 0 Å². The van der Waals surface area contributed by atoms with Gasteiger partial charge in [-0.1, -0.05) is 90.8 Å². The van der Waals surface area contributed by atoms with Crippen LogP contribution in [0.2, 0.25) is 0 Å². The quantitative estimate of drug-likeness (QED) is 0.355. The van der Waals surface area contributed by atoms with Crippen LogP contribution in [-0.2, 0) is 13.6 Å². The molecule has 2 aliphatic rings. The molecule has 0 spiro atoms. The van der Waals surface area contributed by atoms with Crippen molar-refractivity contribution in [3.8, 4) is 0 Å². The molecule has 5 heteroatoms. The topological polar surface area (TPSA) is 55.8 Å². The lowest BCUT2D eigenvalue weighted by atomic mass is 9.75. The molecule has 1 aromatic rings. The van der Waals surface area contributed by atoms with Crippen molar-refractivity contribution in [1.29, 1.82) is 0 Å². The van der Waals surface area contributed by atoms with Crippen molar-refractivity contribution < 1.29 is 18.7 Å². The molecule has 2 aliphatic carbocycles. The molecule has 0 saturated heterocycles. The van der Waals surface area contributed by atoms with Gasteiger partial charge in [-0.3, -0.25) is 4.57 Å². The van der Waals surface area contributed by atoms with E-state index in [4.69, 9.17) is 9.05 Å². The fourth-order valence-electron chi connectivity index (χ4n) is 5.87. The van der Waals surface area contributed by atoms with Crippen LogP contribution in [0, 0.1) is 35.5 Å². The Morgan fingerprint density at radius 2 is 1.32 bits per heavy atom. The summed E-state index contributed by atoms with van der Waals surface area (Å²) >= 11 is 0. The third-order valence-corrected chi connectivity index (χ3v) is 10.0. The molecule has 1 aromatic carbocycles. The molecule has 34 heavy (non-hydrogen) atoms. The molecule has 3 rings (SSSR count). The van der Waals surface area contributed by atoms with Crippen LogP contribution in [0.1, 0.15) is 85.6 Å². The monoisotopic (exact) mass is 490 g/mol. The van der Waals surface area contributed by atoms with Crippen LogP contribution in [0.3, 0.4) is 0 Å². The Morgan fingerprint density at radius 3 is 1.76 bits per heavy atom. The molecule has 7 atom stereocenters. The van der Waals surface area contributed by atoms with E-state index < -0.39 is 13.4 Å². The first-order valence-electron chi connectivity index (χ1n) is 13.5. The summed E-state index contributed by atoms with van der Waals surface area (Å²) in [5.41, 5.74) is 0.950. The molecule has 0 heterocycles. The molecule has 0 amide bonds. The van der Waals surface area contributed by atoms with Gasteiger partial charge in [0, 0.05) is 0 Å². The van der Waals surface area contributed by atoms with Gasteiger partial charge in [0.25, 0.3) is 0 Å². The summed E-state index contributed by atoms with van der Waals surface area (Å²) in [5, 5.41) is 11.3. The smallest absolute Gasteiger partial charge is 0.363 e. The second kappa shape index (κ2) is 12.3. The van der Waals surface area contributed by atoms with Gasteiger partial charge in [-0.2, -0.15) is 0 Å². The van der Waals surface area contributed by atoms with E-state index in [0.717, 1.165) is 31.2 Å². The zero-order valence-corrected chi connectivity index (χ0v) is 23.0. The van der Waals surface area contributed by atoms with Gasteiger partial charge in [0.05, 0.1) is 12.2 Å². The minimum absolute atomic E-state index is 0.159. The SMILES string of the molecule is CC1CCC(C(C)C)C(OP(=O)(OC2CC(C)CCC2C(C)C)C(O)/C=C/c2ccccc2)C1. The van der Waals surface area contributed by atoms with Crippen molar-refractivity contribution in [1.82, 2.24) is 0 Å². The van der Waals surface area contributed by atoms with E-state index in [1.54, 1.807) is 6.08 Å². The average Bonchev–Trinajstić information content (AvgIpc) is 2.77. The van der Waals surface area contributed by atoms with Crippen molar-refractivity contribution in [2.24, 2.45) is 35.5 Å². The fraction of sp³-hybridized carbons (Fsp3) is 0.724. The predicted octanol–water partition coefficient (Wildman–Crippen LogP) is 8.17. The molecule has 4 nitrogen and oxygen atoms in total. The number of aliphatic hydroxyl groups excluding tert-OH is 1. The summed E-state index contributed by atoms with van der Waals surface area (Å²) < 4.78 is 27.4. The predicted molar refractivity (Wildman–Crippen MR) is 142 cm³/mol. The summed E-state index contributed by atoms with van der Waals surface area (Å²) in [4.78, 5) is 0. The summed E-state index contributed by atoms with van der Waals surface area (Å²) in [6.45, 7) is 13.3. The highest BCUT2D eigenvalue weighted by molar-refractivity contribution is 7.54. The number of aliphatic hydroxyl groups is 1. The Bertz CT molecular complexity index is 783. The molecule has 0 bridgehead atoms. The van der Waals surface area contributed by atoms with Crippen LogP contribution < -0.4 is 0 Å². The van der Waals surface area contributed by atoms with Crippen molar-refractivity contribution in [3.63, 3.8) is 0 Å². The Morgan fingerprint density at radius 1 is 0.853 bits per heavy atom. The van der Waals surface area contributed by atoms with Crippen LogP contribution in [0.25, 0.3) is 6.08 Å². The largest absolute Gasteiger partial charge is 0.377 e. The molecule has 2 fully saturated rings. The molecule has 7 unspecified atom stereocenters. The first kappa shape index (κ1) is 27.7.